The number of sulfone groups is 1. The van der Waals surface area contributed by atoms with E-state index in [2.05, 4.69) is 25.0 Å². The van der Waals surface area contributed by atoms with E-state index in [0.29, 0.717) is 10.9 Å². The average Bonchev–Trinajstić information content (AvgIpc) is 3.10. The fourth-order valence-electron chi connectivity index (χ4n) is 4.25. The van der Waals surface area contributed by atoms with Gasteiger partial charge in [0, 0.05) is 23.6 Å². The summed E-state index contributed by atoms with van der Waals surface area (Å²) in [6.45, 7) is -5.30. The van der Waals surface area contributed by atoms with E-state index in [1.807, 2.05) is 0 Å². The Labute approximate surface area is 239 Å². The molecule has 1 aliphatic rings. The first-order chi connectivity index (χ1) is 20.5. The molecule has 0 bridgehead atoms. The number of halogens is 6. The van der Waals surface area contributed by atoms with Crippen LogP contribution in [0.3, 0.4) is 0 Å². The highest BCUT2D eigenvalue weighted by atomic mass is 32.2. The van der Waals surface area contributed by atoms with Crippen LogP contribution in [-0.4, -0.2) is 54.7 Å². The highest BCUT2D eigenvalue weighted by Gasteiger charge is 2.35. The third-order valence-electron chi connectivity index (χ3n) is 6.38. The van der Waals surface area contributed by atoms with E-state index >= 15 is 0 Å². The van der Waals surface area contributed by atoms with Gasteiger partial charge in [-0.15, -0.1) is 0 Å². The number of benzene rings is 1. The molecule has 226 valence electrons. The Kier molecular flexibility index (Phi) is 8.39. The van der Waals surface area contributed by atoms with Crippen LogP contribution in [0.1, 0.15) is 34.3 Å². The summed E-state index contributed by atoms with van der Waals surface area (Å²) in [6.07, 6.45) is -1.22. The first kappa shape index (κ1) is 30.0. The number of fused-ring (bicyclic) bond motifs is 2. The molecule has 5 rings (SSSR count). The summed E-state index contributed by atoms with van der Waals surface area (Å²) in [4.78, 5) is 24.3. The van der Waals surface area contributed by atoms with Crippen LogP contribution in [0.15, 0.2) is 53.6 Å². The molecule has 9 nitrogen and oxygen atoms in total. The number of nitrogens with zero attached hydrogens (tertiary/aromatic N) is 3. The average molecular weight is 627 g/mol. The van der Waals surface area contributed by atoms with Crippen molar-refractivity contribution in [3.8, 4) is 22.9 Å². The third-order valence-corrected chi connectivity index (χ3v) is 8.21. The molecule has 3 aromatic heterocycles. The molecule has 1 aromatic carbocycles. The van der Waals surface area contributed by atoms with Crippen LogP contribution < -0.4 is 14.8 Å². The Hall–Kier alpha value is -4.47. The van der Waals surface area contributed by atoms with Crippen LogP contribution in [0, 0.1) is 5.82 Å². The molecule has 2 atom stereocenters. The first-order valence-electron chi connectivity index (χ1n) is 12.5. The normalized spacial score (nSPS) is 16.7. The number of carbonyl (C=O) groups is 1. The monoisotopic (exact) mass is 626 g/mol. The summed E-state index contributed by atoms with van der Waals surface area (Å²) < 4.78 is 116. The molecule has 16 heteroatoms. The SMILES string of the molecule is O=C(NCc1cc2nc(-c3ccc([C@@H](F)CF)nc3OC(F)F)ccc2cn1)c1cc(F)c2c(c1)S(=O)(=O)[C@@H](F)CCO2. The van der Waals surface area contributed by atoms with Gasteiger partial charge in [-0.25, -0.2) is 35.9 Å². The van der Waals surface area contributed by atoms with Crippen LogP contribution >= 0.6 is 0 Å². The number of rotatable bonds is 8. The molecule has 0 saturated heterocycles. The molecular weight excluding hydrogens is 606 g/mol. The number of pyridine rings is 3. The van der Waals surface area contributed by atoms with Crippen LogP contribution in [-0.2, 0) is 16.4 Å². The summed E-state index contributed by atoms with van der Waals surface area (Å²) in [5.41, 5.74) is -2.53. The van der Waals surface area contributed by atoms with Crippen LogP contribution in [0.4, 0.5) is 26.3 Å². The van der Waals surface area contributed by atoms with Crippen molar-refractivity contribution in [2.24, 2.45) is 0 Å². The molecule has 43 heavy (non-hydrogen) atoms. The first-order valence-corrected chi connectivity index (χ1v) is 14.1. The van der Waals surface area contributed by atoms with Crippen molar-refractivity contribution in [3.05, 3.63) is 71.4 Å². The number of hydrogen-bond acceptors (Lipinski definition) is 8. The van der Waals surface area contributed by atoms with E-state index in [1.54, 1.807) is 6.07 Å². The summed E-state index contributed by atoms with van der Waals surface area (Å²) in [5, 5.41) is 2.98. The lowest BCUT2D eigenvalue weighted by Gasteiger charge is -2.13. The number of ether oxygens (including phenoxy) is 2. The van der Waals surface area contributed by atoms with Gasteiger partial charge in [0.05, 0.1) is 41.3 Å². The van der Waals surface area contributed by atoms with E-state index in [0.717, 1.165) is 18.2 Å². The smallest absolute Gasteiger partial charge is 0.388 e. The minimum Gasteiger partial charge on any atom is -0.489 e. The summed E-state index contributed by atoms with van der Waals surface area (Å²) >= 11 is 0. The minimum absolute atomic E-state index is 0.0247. The van der Waals surface area contributed by atoms with Crippen molar-refractivity contribution < 1.29 is 49.0 Å². The highest BCUT2D eigenvalue weighted by Crippen LogP contribution is 2.35. The molecule has 4 aromatic rings. The zero-order valence-electron chi connectivity index (χ0n) is 21.7. The molecule has 0 unspecified atom stereocenters. The highest BCUT2D eigenvalue weighted by molar-refractivity contribution is 7.92. The van der Waals surface area contributed by atoms with Crippen molar-refractivity contribution in [1.82, 2.24) is 20.3 Å². The number of hydrogen-bond donors (Lipinski definition) is 1. The fourth-order valence-corrected chi connectivity index (χ4v) is 5.64. The van der Waals surface area contributed by atoms with Gasteiger partial charge in [0.25, 0.3) is 5.91 Å². The fraction of sp³-hybridized carbons (Fsp3) is 0.259. The van der Waals surface area contributed by atoms with Gasteiger partial charge in [-0.3, -0.25) is 9.78 Å². The lowest BCUT2D eigenvalue weighted by Crippen LogP contribution is -2.24. The zero-order valence-corrected chi connectivity index (χ0v) is 22.6. The van der Waals surface area contributed by atoms with Gasteiger partial charge in [0.15, 0.2) is 17.7 Å². The van der Waals surface area contributed by atoms with E-state index in [4.69, 9.17) is 4.74 Å². The Morgan fingerprint density at radius 3 is 2.65 bits per heavy atom. The Balaban J connectivity index is 1.40. The largest absolute Gasteiger partial charge is 0.489 e. The molecule has 4 heterocycles. The summed E-state index contributed by atoms with van der Waals surface area (Å²) in [7, 11) is -4.59. The Bertz CT molecular complexity index is 1810. The number of amides is 1. The third kappa shape index (κ3) is 6.18. The van der Waals surface area contributed by atoms with Crippen LogP contribution in [0.2, 0.25) is 0 Å². The second-order valence-electron chi connectivity index (χ2n) is 9.21. The van der Waals surface area contributed by atoms with Crippen molar-refractivity contribution in [3.63, 3.8) is 0 Å². The van der Waals surface area contributed by atoms with Gasteiger partial charge in [0.2, 0.25) is 21.2 Å². The topological polar surface area (TPSA) is 120 Å². The summed E-state index contributed by atoms with van der Waals surface area (Å²) in [5.74, 6) is -3.35. The Morgan fingerprint density at radius 2 is 1.91 bits per heavy atom. The van der Waals surface area contributed by atoms with E-state index in [-0.39, 0.29) is 30.1 Å². The van der Waals surface area contributed by atoms with E-state index in [9.17, 15) is 39.6 Å². The van der Waals surface area contributed by atoms with E-state index in [1.165, 1.54) is 24.4 Å². The second kappa shape index (κ2) is 12.0. The molecule has 1 aliphatic heterocycles. The maximum atomic E-state index is 14.6. The second-order valence-corrected chi connectivity index (χ2v) is 11.3. The van der Waals surface area contributed by atoms with Crippen LogP contribution in [0.25, 0.3) is 22.2 Å². The number of nitrogens with one attached hydrogen (secondary N) is 1. The molecule has 0 spiro atoms. The quantitative estimate of drug-likeness (QED) is 0.265. The zero-order chi connectivity index (χ0) is 30.9. The molecule has 0 radical (unpaired) electrons. The number of alkyl halides is 5. The van der Waals surface area contributed by atoms with Crippen molar-refractivity contribution in [1.29, 1.82) is 0 Å². The maximum Gasteiger partial charge on any atom is 0.388 e. The standard InChI is InChI=1S/C27H20F6N4O5S/c28-10-18(30)20-4-2-16(26(37-20)42-27(32)33)19-3-1-13-11-34-15(9-21(13)36-19)12-35-25(38)14-7-17(29)24-22(8-14)43(39,40)23(31)5-6-41-24/h1-4,7-9,11,18,23,27H,5-6,10,12H2,(H,35,38)/t18-,23+/m0/s1. The summed E-state index contributed by atoms with van der Waals surface area (Å²) in [6, 6.07) is 8.41. The van der Waals surface area contributed by atoms with Gasteiger partial charge in [-0.05, 0) is 42.5 Å². The van der Waals surface area contributed by atoms with Crippen molar-refractivity contribution in [2.75, 3.05) is 13.3 Å². The predicted molar refractivity (Wildman–Crippen MR) is 139 cm³/mol. The molecule has 0 saturated carbocycles. The number of aromatic nitrogens is 3. The van der Waals surface area contributed by atoms with Crippen LogP contribution in [0.5, 0.6) is 11.6 Å². The molecule has 1 amide bonds. The van der Waals surface area contributed by atoms with E-state index < -0.39 is 80.7 Å². The van der Waals surface area contributed by atoms with Gasteiger partial charge in [-0.2, -0.15) is 8.78 Å². The van der Waals surface area contributed by atoms with Crippen molar-refractivity contribution in [2.45, 2.75) is 36.1 Å². The number of carbonyl (C=O) groups excluding carboxylic acids is 1. The van der Waals surface area contributed by atoms with Crippen molar-refractivity contribution >= 4 is 26.6 Å². The van der Waals surface area contributed by atoms with Gasteiger partial charge >= 0.3 is 6.61 Å². The lowest BCUT2D eigenvalue weighted by atomic mass is 10.1. The van der Waals surface area contributed by atoms with Gasteiger partial charge in [0.1, 0.15) is 11.6 Å². The predicted octanol–water partition coefficient (Wildman–Crippen LogP) is 5.19. The minimum atomic E-state index is -4.59. The molecule has 0 aliphatic carbocycles. The van der Waals surface area contributed by atoms with Gasteiger partial charge in [-0.1, -0.05) is 0 Å². The Morgan fingerprint density at radius 1 is 1.12 bits per heavy atom. The van der Waals surface area contributed by atoms with Gasteiger partial charge < -0.3 is 14.8 Å². The maximum absolute atomic E-state index is 14.6. The molecule has 1 N–H and O–H groups in total. The molecular formula is C27H20F6N4O5S. The lowest BCUT2D eigenvalue weighted by molar-refractivity contribution is -0.0526. The molecule has 0 fully saturated rings.